The molecule has 1 N–H and O–H groups in total. The van der Waals surface area contributed by atoms with Crippen molar-refractivity contribution in [3.63, 3.8) is 0 Å². The lowest BCUT2D eigenvalue weighted by molar-refractivity contribution is -0.112. The molecule has 0 spiro atoms. The highest BCUT2D eigenvalue weighted by Gasteiger charge is 2.11. The number of carbonyl (C=O) groups is 2. The molecule has 0 aliphatic rings. The van der Waals surface area contributed by atoms with Gasteiger partial charge < -0.3 is 5.32 Å². The Hall–Kier alpha value is -2.42. The zero-order valence-electron chi connectivity index (χ0n) is 11.9. The normalized spacial score (nSPS) is 10.3. The van der Waals surface area contributed by atoms with Gasteiger partial charge in [-0.3, -0.25) is 9.59 Å². The smallest absolute Gasteiger partial charge is 0.250 e. The van der Waals surface area contributed by atoms with E-state index < -0.39 is 0 Å². The summed E-state index contributed by atoms with van der Waals surface area (Å²) in [5, 5.41) is 4.73. The highest BCUT2D eigenvalue weighted by molar-refractivity contribution is 6.10. The van der Waals surface area contributed by atoms with Crippen LogP contribution in [0.15, 0.2) is 42.5 Å². The van der Waals surface area contributed by atoms with Crippen molar-refractivity contribution in [2.24, 2.45) is 0 Å². The number of amides is 1. The number of hydrogen-bond acceptors (Lipinski definition) is 2. The van der Waals surface area contributed by atoms with E-state index in [0.717, 1.165) is 22.0 Å². The van der Waals surface area contributed by atoms with Crippen LogP contribution in [0.25, 0.3) is 10.8 Å². The standard InChI is InChI=1S/C17H17NO2/c1-10(2)17(20)18-16-7-5-6-14-11(3)13(12(4)19)8-9-15(14)16/h5-9H,1H2,2-4H3,(H,18,20). The number of carbonyl (C=O) groups excluding carboxylic acids is 2. The Kier molecular flexibility index (Phi) is 3.70. The monoisotopic (exact) mass is 267 g/mol. The Morgan fingerprint density at radius 3 is 2.35 bits per heavy atom. The molecule has 2 aromatic rings. The molecule has 0 unspecified atom stereocenters. The predicted octanol–water partition coefficient (Wildman–Crippen LogP) is 3.87. The maximum Gasteiger partial charge on any atom is 0.250 e. The van der Waals surface area contributed by atoms with Crippen LogP contribution in [0.2, 0.25) is 0 Å². The van der Waals surface area contributed by atoms with Crippen molar-refractivity contribution in [1.82, 2.24) is 0 Å². The Balaban J connectivity index is 2.59. The molecule has 3 nitrogen and oxygen atoms in total. The highest BCUT2D eigenvalue weighted by atomic mass is 16.1. The molecule has 2 aromatic carbocycles. The average Bonchev–Trinajstić information content (AvgIpc) is 2.39. The first-order valence-corrected chi connectivity index (χ1v) is 6.42. The third-order valence-electron chi connectivity index (χ3n) is 3.35. The SMILES string of the molecule is C=C(C)C(=O)Nc1cccc2c(C)c(C(C)=O)ccc12. The van der Waals surface area contributed by atoms with Crippen molar-refractivity contribution in [2.45, 2.75) is 20.8 Å². The first-order chi connectivity index (χ1) is 9.41. The number of hydrogen-bond donors (Lipinski definition) is 1. The van der Waals surface area contributed by atoms with Gasteiger partial charge in [0.15, 0.2) is 5.78 Å². The van der Waals surface area contributed by atoms with Crippen molar-refractivity contribution in [1.29, 1.82) is 0 Å². The lowest BCUT2D eigenvalue weighted by atomic mass is 9.97. The number of rotatable bonds is 3. The minimum absolute atomic E-state index is 0.0424. The molecule has 0 heterocycles. The quantitative estimate of drug-likeness (QED) is 0.678. The fourth-order valence-electron chi connectivity index (χ4n) is 2.23. The van der Waals surface area contributed by atoms with Crippen molar-refractivity contribution in [2.75, 3.05) is 5.32 Å². The van der Waals surface area contributed by atoms with Gasteiger partial charge >= 0.3 is 0 Å². The average molecular weight is 267 g/mol. The van der Waals surface area contributed by atoms with Crippen LogP contribution in [0.4, 0.5) is 5.69 Å². The van der Waals surface area contributed by atoms with Crippen molar-refractivity contribution in [3.8, 4) is 0 Å². The van der Waals surface area contributed by atoms with Gasteiger partial charge in [0, 0.05) is 22.2 Å². The van der Waals surface area contributed by atoms with Gasteiger partial charge in [-0.15, -0.1) is 0 Å². The van der Waals surface area contributed by atoms with E-state index in [1.807, 2.05) is 31.2 Å². The summed E-state index contributed by atoms with van der Waals surface area (Å²) in [4.78, 5) is 23.3. The molecule has 0 saturated heterocycles. The van der Waals surface area contributed by atoms with E-state index in [1.54, 1.807) is 19.9 Å². The number of ketones is 1. The van der Waals surface area contributed by atoms with Crippen molar-refractivity contribution in [3.05, 3.63) is 53.6 Å². The molecule has 0 aliphatic heterocycles. The molecule has 1 amide bonds. The number of nitrogens with one attached hydrogen (secondary N) is 1. The van der Waals surface area contributed by atoms with E-state index >= 15 is 0 Å². The molecule has 0 aliphatic carbocycles. The molecule has 102 valence electrons. The Morgan fingerprint density at radius 2 is 1.75 bits per heavy atom. The maximum atomic E-state index is 11.8. The van der Waals surface area contributed by atoms with E-state index in [2.05, 4.69) is 11.9 Å². The van der Waals surface area contributed by atoms with Crippen LogP contribution in [-0.4, -0.2) is 11.7 Å². The molecular weight excluding hydrogens is 250 g/mol. The molecule has 20 heavy (non-hydrogen) atoms. The summed E-state index contributed by atoms with van der Waals surface area (Å²) in [5.74, 6) is -0.161. The number of Topliss-reactive ketones (excluding diaryl/α,β-unsaturated/α-hetero) is 1. The van der Waals surface area contributed by atoms with Crippen LogP contribution in [0.5, 0.6) is 0 Å². The number of fused-ring (bicyclic) bond motifs is 1. The molecule has 0 saturated carbocycles. The fraction of sp³-hybridized carbons (Fsp3) is 0.176. The summed E-state index contributed by atoms with van der Waals surface area (Å²) in [7, 11) is 0. The second-order valence-corrected chi connectivity index (χ2v) is 4.93. The molecule has 0 atom stereocenters. The zero-order valence-corrected chi connectivity index (χ0v) is 11.9. The second-order valence-electron chi connectivity index (χ2n) is 4.93. The van der Waals surface area contributed by atoms with Gasteiger partial charge in [0.25, 0.3) is 5.91 Å². The van der Waals surface area contributed by atoms with Gasteiger partial charge in [-0.2, -0.15) is 0 Å². The number of anilines is 1. The van der Waals surface area contributed by atoms with E-state index in [9.17, 15) is 9.59 Å². The molecule has 0 fully saturated rings. The van der Waals surface area contributed by atoms with Crippen LogP contribution in [0, 0.1) is 6.92 Å². The highest BCUT2D eigenvalue weighted by Crippen LogP contribution is 2.28. The second kappa shape index (κ2) is 5.29. The van der Waals surface area contributed by atoms with Crippen molar-refractivity contribution >= 4 is 28.2 Å². The third-order valence-corrected chi connectivity index (χ3v) is 3.35. The zero-order chi connectivity index (χ0) is 14.9. The van der Waals surface area contributed by atoms with Gasteiger partial charge in [-0.25, -0.2) is 0 Å². The predicted molar refractivity (Wildman–Crippen MR) is 82.1 cm³/mol. The summed E-state index contributed by atoms with van der Waals surface area (Å²) in [6.45, 7) is 8.77. The van der Waals surface area contributed by atoms with Crippen LogP contribution in [0.3, 0.4) is 0 Å². The van der Waals surface area contributed by atoms with Gasteiger partial charge in [0.05, 0.1) is 0 Å². The lowest BCUT2D eigenvalue weighted by Crippen LogP contribution is -2.12. The Morgan fingerprint density at radius 1 is 1.05 bits per heavy atom. The van der Waals surface area contributed by atoms with Gasteiger partial charge in [-0.05, 0) is 37.8 Å². The summed E-state index contributed by atoms with van der Waals surface area (Å²) in [6.07, 6.45) is 0. The topological polar surface area (TPSA) is 46.2 Å². The minimum Gasteiger partial charge on any atom is -0.322 e. The molecule has 0 radical (unpaired) electrons. The molecule has 0 bridgehead atoms. The van der Waals surface area contributed by atoms with E-state index in [0.29, 0.717) is 11.1 Å². The lowest BCUT2D eigenvalue weighted by Gasteiger charge is -2.12. The summed E-state index contributed by atoms with van der Waals surface area (Å²) in [5.41, 5.74) is 2.83. The first-order valence-electron chi connectivity index (χ1n) is 6.42. The van der Waals surface area contributed by atoms with Gasteiger partial charge in [0.1, 0.15) is 0 Å². The maximum absolute atomic E-state index is 11.8. The van der Waals surface area contributed by atoms with Crippen LogP contribution in [0.1, 0.15) is 29.8 Å². The largest absolute Gasteiger partial charge is 0.322 e. The van der Waals surface area contributed by atoms with Crippen molar-refractivity contribution < 1.29 is 9.59 Å². The van der Waals surface area contributed by atoms with Gasteiger partial charge in [0.2, 0.25) is 0 Å². The van der Waals surface area contributed by atoms with Crippen LogP contribution >= 0.6 is 0 Å². The molecule has 2 rings (SSSR count). The van der Waals surface area contributed by atoms with Crippen LogP contribution < -0.4 is 5.32 Å². The van der Waals surface area contributed by atoms with E-state index in [1.165, 1.54) is 0 Å². The molecular formula is C17H17NO2. The van der Waals surface area contributed by atoms with Gasteiger partial charge in [-0.1, -0.05) is 30.8 Å². The van der Waals surface area contributed by atoms with E-state index in [4.69, 9.17) is 0 Å². The van der Waals surface area contributed by atoms with E-state index in [-0.39, 0.29) is 11.7 Å². The Bertz CT molecular complexity index is 729. The minimum atomic E-state index is -0.203. The summed E-state index contributed by atoms with van der Waals surface area (Å²) < 4.78 is 0. The fourth-order valence-corrected chi connectivity index (χ4v) is 2.23. The number of benzene rings is 2. The summed E-state index contributed by atoms with van der Waals surface area (Å²) >= 11 is 0. The molecule has 3 heteroatoms. The Labute approximate surface area is 118 Å². The number of aryl methyl sites for hydroxylation is 1. The summed E-state index contributed by atoms with van der Waals surface area (Å²) in [6, 6.07) is 9.33. The third kappa shape index (κ3) is 2.48. The molecule has 0 aromatic heterocycles. The first kappa shape index (κ1) is 14.0. The van der Waals surface area contributed by atoms with Crippen LogP contribution in [-0.2, 0) is 4.79 Å².